The van der Waals surface area contributed by atoms with Crippen LogP contribution in [0.25, 0.3) is 0 Å². The Bertz CT molecular complexity index is 957. The zero-order valence-electron chi connectivity index (χ0n) is 15.2. The van der Waals surface area contributed by atoms with E-state index in [0.717, 1.165) is 29.8 Å². The minimum atomic E-state index is -4.74. The number of ether oxygens (including phenoxy) is 1. The number of rotatable bonds is 7. The second kappa shape index (κ2) is 8.92. The Kier molecular flexibility index (Phi) is 6.85. The predicted octanol–water partition coefficient (Wildman–Crippen LogP) is 3.60. The molecular formula is C19H19F2NO5S. The topological polar surface area (TPSA) is 89.5 Å². The molecule has 2 aromatic carbocycles. The summed E-state index contributed by atoms with van der Waals surface area (Å²) in [5.74, 6) is -4.79. The van der Waals surface area contributed by atoms with Crippen molar-refractivity contribution in [2.75, 3.05) is 11.9 Å². The van der Waals surface area contributed by atoms with Crippen molar-refractivity contribution in [1.29, 1.82) is 0 Å². The van der Waals surface area contributed by atoms with Crippen molar-refractivity contribution < 1.29 is 31.5 Å². The third-order valence-electron chi connectivity index (χ3n) is 3.84. The van der Waals surface area contributed by atoms with Gasteiger partial charge in [-0.3, -0.25) is 4.79 Å². The number of hydrogen-bond donors (Lipinski definition) is 1. The summed E-state index contributed by atoms with van der Waals surface area (Å²) in [6.45, 7) is 3.40. The minimum absolute atomic E-state index is 0.0661. The van der Waals surface area contributed by atoms with Crippen LogP contribution in [-0.4, -0.2) is 32.7 Å². The maximum Gasteiger partial charge on any atom is 0.341 e. The molecule has 0 unspecified atom stereocenters. The van der Waals surface area contributed by atoms with Crippen molar-refractivity contribution in [1.82, 2.24) is 0 Å². The molecule has 1 N–H and O–H groups in total. The summed E-state index contributed by atoms with van der Waals surface area (Å²) in [6.07, 6.45) is 0. The fourth-order valence-electron chi connectivity index (χ4n) is 2.40. The first kappa shape index (κ1) is 21.5. The van der Waals surface area contributed by atoms with Crippen molar-refractivity contribution in [3.05, 3.63) is 59.7 Å². The van der Waals surface area contributed by atoms with Crippen molar-refractivity contribution in [2.45, 2.75) is 30.4 Å². The lowest BCUT2D eigenvalue weighted by Crippen LogP contribution is -2.21. The fraction of sp³-hybridized carbons (Fsp3) is 0.263. The van der Waals surface area contributed by atoms with Gasteiger partial charge in [-0.1, -0.05) is 32.0 Å². The van der Waals surface area contributed by atoms with Gasteiger partial charge in [-0.2, -0.15) is 8.78 Å². The van der Waals surface area contributed by atoms with Crippen LogP contribution in [0.1, 0.15) is 35.7 Å². The summed E-state index contributed by atoms with van der Waals surface area (Å²) < 4.78 is 52.6. The van der Waals surface area contributed by atoms with E-state index in [1.165, 1.54) is 0 Å². The highest BCUT2D eigenvalue weighted by atomic mass is 32.2. The van der Waals surface area contributed by atoms with Crippen LogP contribution in [0.5, 0.6) is 0 Å². The maximum atomic E-state index is 12.5. The molecule has 0 aromatic heterocycles. The lowest BCUT2D eigenvalue weighted by molar-refractivity contribution is -0.119. The summed E-state index contributed by atoms with van der Waals surface area (Å²) in [6, 6.07) is 11.1. The van der Waals surface area contributed by atoms with Gasteiger partial charge in [-0.15, -0.1) is 0 Å². The molecule has 0 heterocycles. The number of anilines is 1. The normalized spacial score (nSPS) is 11.5. The zero-order chi connectivity index (χ0) is 20.9. The molecule has 1 amide bonds. The van der Waals surface area contributed by atoms with Gasteiger partial charge in [-0.05, 0) is 41.8 Å². The lowest BCUT2D eigenvalue weighted by atomic mass is 10.0. The largest absolute Gasteiger partial charge is 0.452 e. The van der Waals surface area contributed by atoms with E-state index in [1.807, 2.05) is 26.0 Å². The number of sulfone groups is 1. The Morgan fingerprint density at radius 2 is 1.64 bits per heavy atom. The number of nitrogens with one attached hydrogen (secondary N) is 1. The first-order chi connectivity index (χ1) is 13.1. The quantitative estimate of drug-likeness (QED) is 0.703. The SMILES string of the molecule is CC(C)c1ccccc1NC(=O)COC(=O)c1ccc(S(=O)(=O)C(F)F)cc1. The van der Waals surface area contributed by atoms with Gasteiger partial charge in [0, 0.05) is 5.69 Å². The van der Waals surface area contributed by atoms with Crippen LogP contribution in [-0.2, 0) is 19.4 Å². The Morgan fingerprint density at radius 1 is 1.04 bits per heavy atom. The minimum Gasteiger partial charge on any atom is -0.452 e. The first-order valence-electron chi connectivity index (χ1n) is 8.31. The van der Waals surface area contributed by atoms with Gasteiger partial charge in [-0.25, -0.2) is 13.2 Å². The van der Waals surface area contributed by atoms with Crippen molar-refractivity contribution in [3.8, 4) is 0 Å². The molecule has 0 spiro atoms. The average molecular weight is 411 g/mol. The van der Waals surface area contributed by atoms with E-state index in [2.05, 4.69) is 5.32 Å². The number of halogens is 2. The van der Waals surface area contributed by atoms with E-state index in [0.29, 0.717) is 5.69 Å². The molecular weight excluding hydrogens is 392 g/mol. The second-order valence-corrected chi connectivity index (χ2v) is 8.11. The van der Waals surface area contributed by atoms with Crippen LogP contribution in [0.2, 0.25) is 0 Å². The summed E-state index contributed by atoms with van der Waals surface area (Å²) in [4.78, 5) is 23.4. The Labute approximate surface area is 161 Å². The van der Waals surface area contributed by atoms with E-state index >= 15 is 0 Å². The van der Waals surface area contributed by atoms with Gasteiger partial charge >= 0.3 is 11.7 Å². The maximum absolute atomic E-state index is 12.5. The Morgan fingerprint density at radius 3 is 2.21 bits per heavy atom. The Balaban J connectivity index is 1.98. The van der Waals surface area contributed by atoms with Gasteiger partial charge < -0.3 is 10.1 Å². The first-order valence-corrected chi connectivity index (χ1v) is 9.85. The van der Waals surface area contributed by atoms with Gasteiger partial charge in [0.1, 0.15) is 0 Å². The number of esters is 1. The molecule has 28 heavy (non-hydrogen) atoms. The van der Waals surface area contributed by atoms with Gasteiger partial charge in [0.05, 0.1) is 10.5 Å². The molecule has 2 rings (SSSR count). The highest BCUT2D eigenvalue weighted by Crippen LogP contribution is 2.23. The van der Waals surface area contributed by atoms with Crippen LogP contribution < -0.4 is 5.32 Å². The third-order valence-corrected chi connectivity index (χ3v) is 5.24. The highest BCUT2D eigenvalue weighted by Gasteiger charge is 2.26. The molecule has 0 atom stereocenters. The number of para-hydroxylation sites is 1. The molecule has 0 aliphatic rings. The monoisotopic (exact) mass is 411 g/mol. The van der Waals surface area contributed by atoms with E-state index in [9.17, 15) is 26.8 Å². The molecule has 0 saturated heterocycles. The predicted molar refractivity (Wildman–Crippen MR) is 99.1 cm³/mol. The van der Waals surface area contributed by atoms with E-state index in [-0.39, 0.29) is 11.5 Å². The number of benzene rings is 2. The summed E-state index contributed by atoms with van der Waals surface area (Å²) in [5.41, 5.74) is 1.47. The van der Waals surface area contributed by atoms with Crippen LogP contribution in [0.3, 0.4) is 0 Å². The van der Waals surface area contributed by atoms with Crippen LogP contribution >= 0.6 is 0 Å². The fourth-order valence-corrected chi connectivity index (χ4v) is 3.12. The number of alkyl halides is 2. The molecule has 0 aliphatic carbocycles. The summed E-state index contributed by atoms with van der Waals surface area (Å²) in [7, 11) is -4.74. The average Bonchev–Trinajstić information content (AvgIpc) is 2.66. The lowest BCUT2D eigenvalue weighted by Gasteiger charge is -2.13. The molecule has 9 heteroatoms. The second-order valence-electron chi connectivity index (χ2n) is 6.20. The molecule has 6 nitrogen and oxygen atoms in total. The van der Waals surface area contributed by atoms with Crippen molar-refractivity contribution in [3.63, 3.8) is 0 Å². The molecule has 0 bridgehead atoms. The number of carbonyl (C=O) groups is 2. The number of hydrogen-bond acceptors (Lipinski definition) is 5. The summed E-state index contributed by atoms with van der Waals surface area (Å²) in [5, 5.41) is 2.66. The summed E-state index contributed by atoms with van der Waals surface area (Å²) >= 11 is 0. The molecule has 0 fully saturated rings. The standard InChI is InChI=1S/C19H19F2NO5S/c1-12(2)15-5-3-4-6-16(15)22-17(23)11-27-18(24)13-7-9-14(10-8-13)28(25,26)19(20)21/h3-10,12,19H,11H2,1-2H3,(H,22,23). The van der Waals surface area contributed by atoms with E-state index in [4.69, 9.17) is 4.74 Å². The van der Waals surface area contributed by atoms with Gasteiger partial charge in [0.2, 0.25) is 9.84 Å². The van der Waals surface area contributed by atoms with Crippen LogP contribution in [0, 0.1) is 0 Å². The molecule has 2 aromatic rings. The highest BCUT2D eigenvalue weighted by molar-refractivity contribution is 7.91. The van der Waals surface area contributed by atoms with Crippen molar-refractivity contribution >= 4 is 27.4 Å². The van der Waals surface area contributed by atoms with Crippen LogP contribution in [0.4, 0.5) is 14.5 Å². The van der Waals surface area contributed by atoms with Crippen LogP contribution in [0.15, 0.2) is 53.4 Å². The molecule has 150 valence electrons. The molecule has 0 saturated carbocycles. The number of amides is 1. The molecule has 0 radical (unpaired) electrons. The zero-order valence-corrected chi connectivity index (χ0v) is 16.0. The molecule has 0 aliphatic heterocycles. The Hall–Kier alpha value is -2.81. The number of carbonyl (C=O) groups excluding carboxylic acids is 2. The van der Waals surface area contributed by atoms with Gasteiger partial charge in [0.15, 0.2) is 6.61 Å². The van der Waals surface area contributed by atoms with Crippen molar-refractivity contribution in [2.24, 2.45) is 0 Å². The third kappa shape index (κ3) is 5.13. The van der Waals surface area contributed by atoms with E-state index < -0.39 is 39.0 Å². The van der Waals surface area contributed by atoms with Gasteiger partial charge in [0.25, 0.3) is 5.91 Å². The van der Waals surface area contributed by atoms with E-state index in [1.54, 1.807) is 12.1 Å². The smallest absolute Gasteiger partial charge is 0.341 e.